The van der Waals surface area contributed by atoms with E-state index >= 15 is 0 Å². The lowest BCUT2D eigenvalue weighted by Gasteiger charge is -2.28. The molecule has 0 fully saturated rings. The van der Waals surface area contributed by atoms with Crippen LogP contribution in [0, 0.1) is 0 Å². The molecule has 2 nitrogen and oxygen atoms in total. The third-order valence-electron chi connectivity index (χ3n) is 2.66. The average molecular weight is 216 g/mol. The Bertz CT molecular complexity index is 116. The lowest BCUT2D eigenvalue weighted by atomic mass is 10.3. The summed E-state index contributed by atoms with van der Waals surface area (Å²) in [4.78, 5) is 0. The highest BCUT2D eigenvalue weighted by atomic mass is 28.2. The van der Waals surface area contributed by atoms with Crippen LogP contribution < -0.4 is 0 Å². The van der Waals surface area contributed by atoms with Crippen LogP contribution in [0.2, 0.25) is 0 Å². The fourth-order valence-electron chi connectivity index (χ4n) is 1.66. The van der Waals surface area contributed by atoms with Crippen LogP contribution >= 0.6 is 0 Å². The van der Waals surface area contributed by atoms with Crippen LogP contribution in [0.15, 0.2) is 0 Å². The third kappa shape index (κ3) is 6.57. The van der Waals surface area contributed by atoms with Gasteiger partial charge >= 0.3 is 0 Å². The molecule has 0 aromatic heterocycles. The highest BCUT2D eigenvalue weighted by Crippen LogP contribution is 1.97. The van der Waals surface area contributed by atoms with E-state index in [2.05, 4.69) is 36.8 Å². The molecule has 0 aromatic carbocycles. The predicted octanol–water partition coefficient (Wildman–Crippen LogP) is 1.84. The Morgan fingerprint density at radius 2 is 1.43 bits per heavy atom. The minimum atomic E-state index is -0.125. The van der Waals surface area contributed by atoms with Gasteiger partial charge in [0.25, 0.3) is 0 Å². The van der Waals surface area contributed by atoms with E-state index in [1.165, 1.54) is 45.4 Å². The molecule has 0 radical (unpaired) electrons. The molecule has 0 aromatic rings. The molecule has 3 heteroatoms. The third-order valence-corrected chi connectivity index (χ3v) is 4.99. The maximum atomic E-state index is 2.72. The van der Waals surface area contributed by atoms with Crippen LogP contribution in [0.3, 0.4) is 0 Å². The average Bonchev–Trinajstić information content (AvgIpc) is 2.22. The predicted molar refractivity (Wildman–Crippen MR) is 68.2 cm³/mol. The van der Waals surface area contributed by atoms with Crippen LogP contribution in [-0.2, 0) is 0 Å². The minimum absolute atomic E-state index is 0.125. The molecule has 86 valence electrons. The van der Waals surface area contributed by atoms with Crippen molar-refractivity contribution in [3.8, 4) is 0 Å². The molecule has 0 saturated carbocycles. The second-order valence-electron chi connectivity index (χ2n) is 3.92. The summed E-state index contributed by atoms with van der Waals surface area (Å²) in [6, 6.07) is 0. The van der Waals surface area contributed by atoms with Crippen molar-refractivity contribution in [2.75, 3.05) is 26.2 Å². The first-order valence-corrected chi connectivity index (χ1v) is 7.49. The SMILES string of the molecule is CCCCN(CCC)[SiH2]N(CC)CC. The number of hydrogen-bond donors (Lipinski definition) is 0. The van der Waals surface area contributed by atoms with E-state index < -0.39 is 0 Å². The van der Waals surface area contributed by atoms with Crippen molar-refractivity contribution in [2.45, 2.75) is 47.0 Å². The Labute approximate surface area is 92.6 Å². The molecule has 0 spiro atoms. The van der Waals surface area contributed by atoms with Gasteiger partial charge in [0, 0.05) is 0 Å². The lowest BCUT2D eigenvalue weighted by Crippen LogP contribution is -2.42. The fourth-order valence-corrected chi connectivity index (χ4v) is 3.45. The van der Waals surface area contributed by atoms with E-state index in [9.17, 15) is 0 Å². The molecule has 0 amide bonds. The monoisotopic (exact) mass is 216 g/mol. The molecule has 0 heterocycles. The molecular weight excluding hydrogens is 188 g/mol. The molecule has 0 aliphatic rings. The lowest BCUT2D eigenvalue weighted by molar-refractivity contribution is 0.371. The van der Waals surface area contributed by atoms with Crippen LogP contribution in [0.1, 0.15) is 47.0 Å². The van der Waals surface area contributed by atoms with Gasteiger partial charge in [-0.1, -0.05) is 34.1 Å². The van der Waals surface area contributed by atoms with E-state index in [4.69, 9.17) is 0 Å². The summed E-state index contributed by atoms with van der Waals surface area (Å²) in [5, 5.41) is 0. The van der Waals surface area contributed by atoms with Crippen molar-refractivity contribution >= 4 is 9.84 Å². The number of hydrogen-bond acceptors (Lipinski definition) is 2. The van der Waals surface area contributed by atoms with Crippen molar-refractivity contribution in [3.63, 3.8) is 0 Å². The van der Waals surface area contributed by atoms with Gasteiger partial charge in [-0.25, -0.2) is 0 Å². The van der Waals surface area contributed by atoms with E-state index in [1.54, 1.807) is 0 Å². The molecule has 0 atom stereocenters. The summed E-state index contributed by atoms with van der Waals surface area (Å²) in [5.74, 6) is 0. The van der Waals surface area contributed by atoms with Gasteiger partial charge in [-0.15, -0.1) is 0 Å². The summed E-state index contributed by atoms with van der Waals surface area (Å²) < 4.78 is 5.35. The molecule has 14 heavy (non-hydrogen) atoms. The number of unbranched alkanes of at least 4 members (excludes halogenated alkanes) is 1. The fraction of sp³-hybridized carbons (Fsp3) is 1.00. The topological polar surface area (TPSA) is 6.48 Å². The summed E-state index contributed by atoms with van der Waals surface area (Å²) in [6.45, 7) is 14.2. The highest BCUT2D eigenvalue weighted by Gasteiger charge is 2.07. The zero-order valence-corrected chi connectivity index (χ0v) is 12.0. The number of rotatable bonds is 9. The number of nitrogens with zero attached hydrogens (tertiary/aromatic N) is 2. The van der Waals surface area contributed by atoms with Crippen molar-refractivity contribution in [1.82, 2.24) is 9.13 Å². The molecule has 0 aliphatic heterocycles. The van der Waals surface area contributed by atoms with Gasteiger partial charge in [-0.3, -0.25) is 0 Å². The molecule has 0 aliphatic carbocycles. The Morgan fingerprint density at radius 3 is 1.86 bits per heavy atom. The zero-order chi connectivity index (χ0) is 10.8. The van der Waals surface area contributed by atoms with Crippen molar-refractivity contribution in [2.24, 2.45) is 0 Å². The quantitative estimate of drug-likeness (QED) is 0.543. The van der Waals surface area contributed by atoms with Gasteiger partial charge < -0.3 is 9.13 Å². The summed E-state index contributed by atoms with van der Waals surface area (Å²) in [7, 11) is -0.125. The summed E-state index contributed by atoms with van der Waals surface area (Å²) in [6.07, 6.45) is 4.00. The Hall–Kier alpha value is 0.137. The summed E-state index contributed by atoms with van der Waals surface area (Å²) >= 11 is 0. The van der Waals surface area contributed by atoms with Gasteiger partial charge in [0.15, 0.2) is 9.84 Å². The Balaban J connectivity index is 3.80. The van der Waals surface area contributed by atoms with Crippen molar-refractivity contribution in [1.29, 1.82) is 0 Å². The van der Waals surface area contributed by atoms with Crippen molar-refractivity contribution in [3.05, 3.63) is 0 Å². The van der Waals surface area contributed by atoms with E-state index in [0.717, 1.165) is 0 Å². The first-order valence-electron chi connectivity index (χ1n) is 6.23. The largest absolute Gasteiger partial charge is 0.317 e. The second-order valence-corrected chi connectivity index (χ2v) is 5.99. The first-order chi connectivity index (χ1) is 6.78. The standard InChI is InChI=1S/C11H28N2Si/c1-5-9-11-13(10-6-2)14-12(7-3)8-4/h5-11,14H2,1-4H3. The molecule has 0 saturated heterocycles. The maximum Gasteiger partial charge on any atom is 0.172 e. The van der Waals surface area contributed by atoms with Gasteiger partial charge in [0.2, 0.25) is 0 Å². The molecular formula is C11H28N2Si. The second kappa shape index (κ2) is 9.68. The van der Waals surface area contributed by atoms with Gasteiger partial charge in [0.05, 0.1) is 0 Å². The van der Waals surface area contributed by atoms with Crippen molar-refractivity contribution < 1.29 is 0 Å². The Kier molecular flexibility index (Phi) is 9.78. The van der Waals surface area contributed by atoms with Gasteiger partial charge in [-0.05, 0) is 39.0 Å². The normalized spacial score (nSPS) is 12.4. The van der Waals surface area contributed by atoms with Crippen LogP contribution in [0.25, 0.3) is 0 Å². The summed E-state index contributed by atoms with van der Waals surface area (Å²) in [5.41, 5.74) is 0. The van der Waals surface area contributed by atoms with E-state index in [0.29, 0.717) is 0 Å². The maximum absolute atomic E-state index is 2.72. The first kappa shape index (κ1) is 14.1. The van der Waals surface area contributed by atoms with Gasteiger partial charge in [0.1, 0.15) is 0 Å². The highest BCUT2D eigenvalue weighted by molar-refractivity contribution is 6.28. The van der Waals surface area contributed by atoms with E-state index in [1.807, 2.05) is 0 Å². The van der Waals surface area contributed by atoms with Crippen LogP contribution in [0.4, 0.5) is 0 Å². The van der Waals surface area contributed by atoms with Crippen LogP contribution in [-0.4, -0.2) is 45.2 Å². The Morgan fingerprint density at radius 1 is 0.786 bits per heavy atom. The smallest absolute Gasteiger partial charge is 0.172 e. The zero-order valence-electron chi connectivity index (χ0n) is 10.6. The van der Waals surface area contributed by atoms with Gasteiger partial charge in [-0.2, -0.15) is 0 Å². The molecule has 0 unspecified atom stereocenters. The molecule has 0 N–H and O–H groups in total. The minimum Gasteiger partial charge on any atom is -0.317 e. The molecule has 0 rings (SSSR count). The van der Waals surface area contributed by atoms with Crippen LogP contribution in [0.5, 0.6) is 0 Å². The molecule has 0 bridgehead atoms. The van der Waals surface area contributed by atoms with E-state index in [-0.39, 0.29) is 9.84 Å².